The van der Waals surface area contributed by atoms with E-state index in [0.29, 0.717) is 23.7 Å². The molecule has 2 aliphatic rings. The van der Waals surface area contributed by atoms with Crippen LogP contribution in [0, 0.1) is 13.8 Å². The van der Waals surface area contributed by atoms with Crippen LogP contribution < -0.4 is 9.80 Å². The lowest BCUT2D eigenvalue weighted by molar-refractivity contribution is 0.443. The van der Waals surface area contributed by atoms with Crippen molar-refractivity contribution in [2.24, 2.45) is 0 Å². The SMILES string of the molecule is Cc1ccc2c(c1)c(N(c1ccc(C(C)C)cc1)c1ccc(C3CCCCC3)cc1)cc1c3ccc(C)cc3c(N(c3ccc(C(C)C)cc3)c3ccc(C4CCCCC4)cc3)cc21. The molecular weight excluding hydrogens is 773 g/mol. The fourth-order valence-corrected chi connectivity index (χ4v) is 11.1. The van der Waals surface area contributed by atoms with Crippen molar-refractivity contribution in [1.29, 1.82) is 0 Å². The Hall–Kier alpha value is -5.86. The molecule has 0 aromatic heterocycles. The van der Waals surface area contributed by atoms with Crippen LogP contribution in [0.25, 0.3) is 32.3 Å². The molecular formula is C62H66N2. The standard InChI is InChI=1S/C62H66N2/c1-41(2)45-19-27-51(28-20-45)63(53-31-23-49(24-32-53)47-13-9-7-10-14-47)61-39-57-56-36-18-44(6)38-60(56)62(40-58(57)55-35-17-43(5)37-59(55)61)64(52-29-21-46(22-30-52)42(3)4)54-33-25-50(26-34-54)48-15-11-8-12-16-48/h17-42,47-48H,7-16H2,1-6H3. The maximum absolute atomic E-state index is 2.53. The lowest BCUT2D eigenvalue weighted by Crippen LogP contribution is -2.13. The largest absolute Gasteiger partial charge is 0.310 e. The summed E-state index contributed by atoms with van der Waals surface area (Å²) < 4.78 is 0. The number of rotatable bonds is 10. The van der Waals surface area contributed by atoms with Crippen molar-refractivity contribution in [2.75, 3.05) is 9.80 Å². The molecule has 64 heavy (non-hydrogen) atoms. The second-order valence-corrected chi connectivity index (χ2v) is 20.0. The third-order valence-corrected chi connectivity index (χ3v) is 14.9. The van der Waals surface area contributed by atoms with Crippen LogP contribution in [0.5, 0.6) is 0 Å². The molecule has 0 unspecified atom stereocenters. The highest BCUT2D eigenvalue weighted by molar-refractivity contribution is 6.24. The molecule has 0 spiro atoms. The summed E-state index contributed by atoms with van der Waals surface area (Å²) >= 11 is 0. The van der Waals surface area contributed by atoms with Gasteiger partial charge in [0.1, 0.15) is 0 Å². The third kappa shape index (κ3) is 8.22. The Labute approximate surface area is 383 Å². The Morgan fingerprint density at radius 2 is 0.672 bits per heavy atom. The average molecular weight is 839 g/mol. The van der Waals surface area contributed by atoms with Crippen LogP contribution in [0.1, 0.15) is 149 Å². The molecule has 2 fully saturated rings. The van der Waals surface area contributed by atoms with E-state index in [4.69, 9.17) is 0 Å². The predicted octanol–water partition coefficient (Wildman–Crippen LogP) is 19.0. The number of nitrogens with zero attached hydrogens (tertiary/aromatic N) is 2. The fourth-order valence-electron chi connectivity index (χ4n) is 11.1. The molecule has 0 atom stereocenters. The van der Waals surface area contributed by atoms with Crippen LogP contribution in [0.15, 0.2) is 146 Å². The van der Waals surface area contributed by atoms with Gasteiger partial charge in [0.25, 0.3) is 0 Å². The molecule has 0 heterocycles. The van der Waals surface area contributed by atoms with Crippen LogP contribution in [-0.2, 0) is 0 Å². The van der Waals surface area contributed by atoms with Gasteiger partial charge in [-0.2, -0.15) is 0 Å². The van der Waals surface area contributed by atoms with E-state index in [0.717, 1.165) is 0 Å². The van der Waals surface area contributed by atoms with Crippen LogP contribution in [0.4, 0.5) is 34.1 Å². The number of hydrogen-bond donors (Lipinski definition) is 0. The van der Waals surface area contributed by atoms with E-state index >= 15 is 0 Å². The summed E-state index contributed by atoms with van der Waals surface area (Å²) in [4.78, 5) is 5.06. The Morgan fingerprint density at radius 1 is 0.344 bits per heavy atom. The van der Waals surface area contributed by atoms with Crippen molar-refractivity contribution >= 4 is 66.4 Å². The molecule has 324 valence electrons. The average Bonchev–Trinajstić information content (AvgIpc) is 3.33. The van der Waals surface area contributed by atoms with Crippen molar-refractivity contribution in [3.05, 3.63) is 179 Å². The van der Waals surface area contributed by atoms with Crippen molar-refractivity contribution in [3.63, 3.8) is 0 Å². The molecule has 0 bridgehead atoms. The topological polar surface area (TPSA) is 6.48 Å². The zero-order valence-electron chi connectivity index (χ0n) is 39.1. The third-order valence-electron chi connectivity index (χ3n) is 14.9. The van der Waals surface area contributed by atoms with Crippen LogP contribution in [-0.4, -0.2) is 0 Å². The van der Waals surface area contributed by atoms with Gasteiger partial charge in [-0.05, 0) is 180 Å². The predicted molar refractivity (Wildman–Crippen MR) is 278 cm³/mol. The molecule has 8 aromatic carbocycles. The van der Waals surface area contributed by atoms with Gasteiger partial charge in [0.15, 0.2) is 0 Å². The number of anilines is 6. The van der Waals surface area contributed by atoms with E-state index in [1.165, 1.54) is 164 Å². The first kappa shape index (κ1) is 42.1. The molecule has 10 rings (SSSR count). The Bertz CT molecular complexity index is 2690. The van der Waals surface area contributed by atoms with Gasteiger partial charge in [-0.1, -0.05) is 150 Å². The van der Waals surface area contributed by atoms with Gasteiger partial charge in [0, 0.05) is 33.5 Å². The summed E-state index contributed by atoms with van der Waals surface area (Å²) in [5.41, 5.74) is 15.4. The fraction of sp³-hybridized carbons (Fsp3) is 0.323. The zero-order chi connectivity index (χ0) is 43.9. The van der Waals surface area contributed by atoms with E-state index < -0.39 is 0 Å². The van der Waals surface area contributed by atoms with Crippen molar-refractivity contribution in [2.45, 2.75) is 129 Å². The minimum Gasteiger partial charge on any atom is -0.310 e. The highest BCUT2D eigenvalue weighted by Gasteiger charge is 2.24. The molecule has 2 heteroatoms. The van der Waals surface area contributed by atoms with Gasteiger partial charge in [0.05, 0.1) is 11.4 Å². The van der Waals surface area contributed by atoms with Crippen molar-refractivity contribution < 1.29 is 0 Å². The van der Waals surface area contributed by atoms with Gasteiger partial charge in [0.2, 0.25) is 0 Å². The lowest BCUT2D eigenvalue weighted by Gasteiger charge is -2.31. The second-order valence-electron chi connectivity index (χ2n) is 20.0. The smallest absolute Gasteiger partial charge is 0.0546 e. The molecule has 0 radical (unpaired) electrons. The molecule has 0 aliphatic heterocycles. The maximum atomic E-state index is 2.53. The van der Waals surface area contributed by atoms with Crippen molar-refractivity contribution in [1.82, 2.24) is 0 Å². The summed E-state index contributed by atoms with van der Waals surface area (Å²) in [7, 11) is 0. The van der Waals surface area contributed by atoms with E-state index in [1.54, 1.807) is 0 Å². The number of hydrogen-bond acceptors (Lipinski definition) is 2. The van der Waals surface area contributed by atoms with Crippen molar-refractivity contribution in [3.8, 4) is 0 Å². The van der Waals surface area contributed by atoms with E-state index in [9.17, 15) is 0 Å². The van der Waals surface area contributed by atoms with Gasteiger partial charge >= 0.3 is 0 Å². The summed E-state index contributed by atoms with van der Waals surface area (Å²) in [5, 5.41) is 7.61. The molecule has 2 nitrogen and oxygen atoms in total. The van der Waals surface area contributed by atoms with Crippen LogP contribution >= 0.6 is 0 Å². The maximum Gasteiger partial charge on any atom is 0.0546 e. The van der Waals surface area contributed by atoms with E-state index in [-0.39, 0.29) is 0 Å². The number of fused-ring (bicyclic) bond motifs is 5. The quantitative estimate of drug-likeness (QED) is 0.127. The van der Waals surface area contributed by atoms with Gasteiger partial charge < -0.3 is 9.80 Å². The minimum atomic E-state index is 0.466. The number of aryl methyl sites for hydroxylation is 2. The second kappa shape index (κ2) is 18.0. The van der Waals surface area contributed by atoms with Gasteiger partial charge in [-0.25, -0.2) is 0 Å². The summed E-state index contributed by atoms with van der Waals surface area (Å²) in [6.45, 7) is 13.6. The first-order valence-corrected chi connectivity index (χ1v) is 24.6. The Kier molecular flexibility index (Phi) is 11.8. The molecule has 2 saturated carbocycles. The van der Waals surface area contributed by atoms with E-state index in [2.05, 4.69) is 197 Å². The minimum absolute atomic E-state index is 0.466. The van der Waals surface area contributed by atoms with Crippen LogP contribution in [0.2, 0.25) is 0 Å². The summed E-state index contributed by atoms with van der Waals surface area (Å²) in [6.07, 6.45) is 13.3. The molecule has 0 saturated heterocycles. The molecule has 2 aliphatic carbocycles. The Balaban J connectivity index is 1.20. The lowest BCUT2D eigenvalue weighted by atomic mass is 9.84. The van der Waals surface area contributed by atoms with E-state index in [1.807, 2.05) is 0 Å². The first-order valence-electron chi connectivity index (χ1n) is 24.6. The summed E-state index contributed by atoms with van der Waals surface area (Å²) in [6, 6.07) is 57.1. The van der Waals surface area contributed by atoms with Crippen LogP contribution in [0.3, 0.4) is 0 Å². The Morgan fingerprint density at radius 3 is 1.00 bits per heavy atom. The normalized spacial score (nSPS) is 15.2. The van der Waals surface area contributed by atoms with Gasteiger partial charge in [-0.3, -0.25) is 0 Å². The zero-order valence-corrected chi connectivity index (χ0v) is 39.1. The summed E-state index contributed by atoms with van der Waals surface area (Å²) in [5.74, 6) is 2.26. The monoisotopic (exact) mass is 839 g/mol. The number of benzene rings is 8. The first-order chi connectivity index (χ1) is 31.2. The molecule has 0 amide bonds. The molecule has 8 aromatic rings. The molecule has 0 N–H and O–H groups in total. The van der Waals surface area contributed by atoms with Gasteiger partial charge in [-0.15, -0.1) is 0 Å². The highest BCUT2D eigenvalue weighted by atomic mass is 15.2. The highest BCUT2D eigenvalue weighted by Crippen LogP contribution is 2.49.